The maximum absolute atomic E-state index is 9.56. The lowest BCUT2D eigenvalue weighted by molar-refractivity contribution is 0.374. The van der Waals surface area contributed by atoms with Crippen molar-refractivity contribution in [2.24, 2.45) is 0 Å². The fraction of sp³-hybridized carbons (Fsp3) is 0.250. The van der Waals surface area contributed by atoms with E-state index in [4.69, 9.17) is 23.2 Å². The molecule has 1 aliphatic rings. The molecule has 21 heavy (non-hydrogen) atoms. The summed E-state index contributed by atoms with van der Waals surface area (Å²) in [5.74, 6) is 0.521. The first kappa shape index (κ1) is 15.0. The number of hydrogen-bond donors (Lipinski definition) is 2. The topological polar surface area (TPSA) is 32.3 Å². The first-order valence-corrected chi connectivity index (χ1v) is 8.28. The molecule has 0 spiro atoms. The van der Waals surface area contributed by atoms with Gasteiger partial charge >= 0.3 is 0 Å². The lowest BCUT2D eigenvalue weighted by Gasteiger charge is -2.37. The molecule has 2 aromatic carbocycles. The third-order valence-electron chi connectivity index (χ3n) is 3.85. The second-order valence-corrected chi connectivity index (χ2v) is 7.08. The minimum absolute atomic E-state index is 0.0653. The fourth-order valence-corrected chi connectivity index (χ4v) is 3.56. The summed E-state index contributed by atoms with van der Waals surface area (Å²) in [5.41, 5.74) is 2.21. The number of hydrogen-bond acceptors (Lipinski definition) is 2. The van der Waals surface area contributed by atoms with Gasteiger partial charge in [-0.3, -0.25) is 0 Å². The minimum Gasteiger partial charge on any atom is -0.505 e. The lowest BCUT2D eigenvalue weighted by Crippen LogP contribution is -2.33. The largest absolute Gasteiger partial charge is 0.505 e. The molecule has 2 nitrogen and oxygen atoms in total. The van der Waals surface area contributed by atoms with Gasteiger partial charge in [-0.25, -0.2) is 0 Å². The summed E-state index contributed by atoms with van der Waals surface area (Å²) in [4.78, 5) is 0. The molecule has 0 saturated heterocycles. The molecule has 2 aromatic rings. The van der Waals surface area contributed by atoms with Crippen LogP contribution in [0.5, 0.6) is 5.75 Å². The summed E-state index contributed by atoms with van der Waals surface area (Å²) in [6, 6.07) is 12.3. The third kappa shape index (κ3) is 3.31. The molecule has 0 aliphatic heterocycles. The highest BCUT2D eigenvalue weighted by molar-refractivity contribution is 9.10. The number of benzene rings is 2. The second kappa shape index (κ2) is 6.07. The summed E-state index contributed by atoms with van der Waals surface area (Å²) in [6.45, 7) is 0. The minimum atomic E-state index is -0.0653. The van der Waals surface area contributed by atoms with Crippen LogP contribution in [0.1, 0.15) is 24.3 Å². The van der Waals surface area contributed by atoms with Crippen LogP contribution in [-0.4, -0.2) is 11.1 Å². The molecule has 5 heteroatoms. The van der Waals surface area contributed by atoms with E-state index in [0.29, 0.717) is 12.0 Å². The Morgan fingerprint density at radius 1 is 1.10 bits per heavy atom. The monoisotopic (exact) mass is 385 g/mol. The van der Waals surface area contributed by atoms with E-state index < -0.39 is 0 Å². The highest BCUT2D eigenvalue weighted by atomic mass is 79.9. The third-order valence-corrected chi connectivity index (χ3v) is 4.92. The maximum atomic E-state index is 9.56. The molecule has 3 rings (SSSR count). The van der Waals surface area contributed by atoms with Crippen molar-refractivity contribution in [3.63, 3.8) is 0 Å². The van der Waals surface area contributed by atoms with Gasteiger partial charge in [0.05, 0.1) is 10.0 Å². The molecule has 0 amide bonds. The van der Waals surface area contributed by atoms with Crippen LogP contribution in [0.15, 0.2) is 40.9 Å². The van der Waals surface area contributed by atoms with Crippen molar-refractivity contribution < 1.29 is 5.11 Å². The first-order valence-electron chi connectivity index (χ1n) is 6.73. The average molecular weight is 387 g/mol. The molecular formula is C16H14BrCl2NO. The number of phenols is 1. The maximum Gasteiger partial charge on any atom is 0.152 e. The van der Waals surface area contributed by atoms with E-state index in [0.717, 1.165) is 23.0 Å². The normalized spacial score (nSPS) is 20.9. The van der Waals surface area contributed by atoms with Gasteiger partial charge in [-0.2, -0.15) is 0 Å². The summed E-state index contributed by atoms with van der Waals surface area (Å²) in [6.07, 6.45) is 2.15. The SMILES string of the molecule is Oc1c(Cl)cc(NC2CC(c3cccc(Br)c3)C2)cc1Cl. The number of nitrogens with one attached hydrogen (secondary N) is 1. The Balaban J connectivity index is 1.62. The van der Waals surface area contributed by atoms with E-state index in [2.05, 4.69) is 39.4 Å². The average Bonchev–Trinajstić information content (AvgIpc) is 2.39. The first-order chi connectivity index (χ1) is 10.0. The molecule has 0 aromatic heterocycles. The number of anilines is 1. The van der Waals surface area contributed by atoms with Crippen molar-refractivity contribution >= 4 is 44.8 Å². The van der Waals surface area contributed by atoms with Gasteiger partial charge in [0.2, 0.25) is 0 Å². The zero-order valence-corrected chi connectivity index (χ0v) is 14.2. The number of aromatic hydroxyl groups is 1. The predicted molar refractivity (Wildman–Crippen MR) is 91.7 cm³/mol. The number of phenolic OH excluding ortho intramolecular Hbond substituents is 1. The zero-order valence-electron chi connectivity index (χ0n) is 11.1. The summed E-state index contributed by atoms with van der Waals surface area (Å²) in [5, 5.41) is 13.5. The summed E-state index contributed by atoms with van der Waals surface area (Å²) in [7, 11) is 0. The van der Waals surface area contributed by atoms with Crippen LogP contribution in [0.2, 0.25) is 10.0 Å². The van der Waals surface area contributed by atoms with Gasteiger partial charge in [-0.1, -0.05) is 51.3 Å². The van der Waals surface area contributed by atoms with Gasteiger partial charge in [-0.15, -0.1) is 0 Å². The van der Waals surface area contributed by atoms with E-state index in [1.807, 2.05) is 6.07 Å². The molecule has 1 fully saturated rings. The molecular weight excluding hydrogens is 373 g/mol. The van der Waals surface area contributed by atoms with Crippen LogP contribution >= 0.6 is 39.1 Å². The van der Waals surface area contributed by atoms with Crippen LogP contribution in [0, 0.1) is 0 Å². The van der Waals surface area contributed by atoms with Gasteiger partial charge in [0.1, 0.15) is 0 Å². The van der Waals surface area contributed by atoms with Gasteiger partial charge in [-0.05, 0) is 48.6 Å². The van der Waals surface area contributed by atoms with E-state index >= 15 is 0 Å². The number of halogens is 3. The van der Waals surface area contributed by atoms with Crippen molar-refractivity contribution in [3.8, 4) is 5.75 Å². The Bertz CT molecular complexity index is 648. The van der Waals surface area contributed by atoms with E-state index in [-0.39, 0.29) is 15.8 Å². The molecule has 1 saturated carbocycles. The van der Waals surface area contributed by atoms with Crippen molar-refractivity contribution in [1.82, 2.24) is 0 Å². The number of rotatable bonds is 3. The molecule has 0 heterocycles. The molecule has 110 valence electrons. The Morgan fingerprint density at radius 3 is 2.38 bits per heavy atom. The molecule has 1 aliphatic carbocycles. The second-order valence-electron chi connectivity index (χ2n) is 5.35. The Kier molecular flexibility index (Phi) is 4.34. The quantitative estimate of drug-likeness (QED) is 0.651. The molecule has 0 bridgehead atoms. The van der Waals surface area contributed by atoms with Crippen molar-refractivity contribution in [2.75, 3.05) is 5.32 Å². The smallest absolute Gasteiger partial charge is 0.152 e. The predicted octanol–water partition coefficient (Wildman–Crippen LogP) is 5.82. The Hall–Kier alpha value is -0.900. The zero-order chi connectivity index (χ0) is 15.0. The summed E-state index contributed by atoms with van der Waals surface area (Å²) >= 11 is 15.4. The van der Waals surface area contributed by atoms with Crippen molar-refractivity contribution in [3.05, 3.63) is 56.5 Å². The molecule has 2 N–H and O–H groups in total. The van der Waals surface area contributed by atoms with Gasteiger partial charge in [0, 0.05) is 16.2 Å². The van der Waals surface area contributed by atoms with E-state index in [1.54, 1.807) is 12.1 Å². The summed E-state index contributed by atoms with van der Waals surface area (Å²) < 4.78 is 1.12. The van der Waals surface area contributed by atoms with Crippen molar-refractivity contribution in [1.29, 1.82) is 0 Å². The Morgan fingerprint density at radius 2 is 1.76 bits per heavy atom. The van der Waals surface area contributed by atoms with Crippen LogP contribution in [0.3, 0.4) is 0 Å². The Labute approximate surface area is 142 Å². The lowest BCUT2D eigenvalue weighted by atomic mass is 9.76. The highest BCUT2D eigenvalue weighted by Crippen LogP contribution is 2.41. The van der Waals surface area contributed by atoms with Gasteiger partial charge < -0.3 is 10.4 Å². The molecule has 0 atom stereocenters. The van der Waals surface area contributed by atoms with E-state index in [1.165, 1.54) is 5.56 Å². The molecule has 0 radical (unpaired) electrons. The van der Waals surface area contributed by atoms with Crippen LogP contribution in [0.25, 0.3) is 0 Å². The van der Waals surface area contributed by atoms with Crippen LogP contribution < -0.4 is 5.32 Å². The fourth-order valence-electron chi connectivity index (χ4n) is 2.65. The van der Waals surface area contributed by atoms with Crippen molar-refractivity contribution in [2.45, 2.75) is 24.8 Å². The van der Waals surface area contributed by atoms with Gasteiger partial charge in [0.15, 0.2) is 5.75 Å². The van der Waals surface area contributed by atoms with E-state index in [9.17, 15) is 5.11 Å². The van der Waals surface area contributed by atoms with Crippen LogP contribution in [0.4, 0.5) is 5.69 Å². The van der Waals surface area contributed by atoms with Crippen LogP contribution in [-0.2, 0) is 0 Å². The molecule has 0 unspecified atom stereocenters. The standard InChI is InChI=1S/C16H14BrCl2NO/c17-11-3-1-2-9(4-11)10-5-12(6-10)20-13-7-14(18)16(21)15(19)8-13/h1-4,7-8,10,12,20-21H,5-6H2. The highest BCUT2D eigenvalue weighted by Gasteiger charge is 2.30. The van der Waals surface area contributed by atoms with Gasteiger partial charge in [0.25, 0.3) is 0 Å².